The van der Waals surface area contributed by atoms with Crippen molar-refractivity contribution in [2.75, 3.05) is 18.8 Å². The molecule has 0 bridgehead atoms. The lowest BCUT2D eigenvalue weighted by molar-refractivity contribution is 0.194. The number of hydrogen-bond donors (Lipinski definition) is 2. The number of aromatic nitrogens is 3. The topological polar surface area (TPSA) is 63.0 Å². The average Bonchev–Trinajstić information content (AvgIpc) is 2.60. The normalized spacial score (nSPS) is 13.3. The van der Waals surface area contributed by atoms with Crippen LogP contribution in [0.3, 0.4) is 0 Å². The van der Waals surface area contributed by atoms with Crippen LogP contribution < -0.4 is 5.32 Å². The van der Waals surface area contributed by atoms with Crippen molar-refractivity contribution in [2.24, 2.45) is 13.0 Å². The molecule has 0 aliphatic rings. The lowest BCUT2D eigenvalue weighted by Gasteiger charge is -2.12. The van der Waals surface area contributed by atoms with E-state index in [1.54, 1.807) is 4.68 Å². The van der Waals surface area contributed by atoms with Gasteiger partial charge in [0.2, 0.25) is 0 Å². The minimum Gasteiger partial charge on any atom is -0.391 e. The van der Waals surface area contributed by atoms with Gasteiger partial charge in [-0.25, -0.2) is 9.67 Å². The molecule has 0 aromatic carbocycles. The van der Waals surface area contributed by atoms with Gasteiger partial charge < -0.3 is 10.4 Å². The predicted molar refractivity (Wildman–Crippen MR) is 65.4 cm³/mol. The summed E-state index contributed by atoms with van der Waals surface area (Å²) in [6, 6.07) is 0. The van der Waals surface area contributed by atoms with E-state index in [0.717, 1.165) is 11.7 Å². The molecule has 0 amide bonds. The molecule has 1 aromatic heterocycles. The fraction of sp³-hybridized carbons (Fsp3) is 0.800. The zero-order chi connectivity index (χ0) is 12.0. The monoisotopic (exact) mass is 244 g/mol. The summed E-state index contributed by atoms with van der Waals surface area (Å²) < 4.78 is 1.71. The third kappa shape index (κ3) is 4.96. The van der Waals surface area contributed by atoms with Crippen LogP contribution in [0.1, 0.15) is 13.8 Å². The van der Waals surface area contributed by atoms with Crippen molar-refractivity contribution in [3.05, 3.63) is 6.33 Å². The molecule has 0 saturated carbocycles. The Morgan fingerprint density at radius 2 is 2.25 bits per heavy atom. The van der Waals surface area contributed by atoms with Gasteiger partial charge in [-0.15, -0.1) is 0 Å². The van der Waals surface area contributed by atoms with E-state index in [1.807, 2.05) is 7.05 Å². The second kappa shape index (κ2) is 6.88. The molecule has 0 aliphatic carbocycles. The Bertz CT molecular complexity index is 303. The summed E-state index contributed by atoms with van der Waals surface area (Å²) >= 11 is 1.52. The Balaban J connectivity index is 2.15. The van der Waals surface area contributed by atoms with E-state index in [-0.39, 0.29) is 6.10 Å². The van der Waals surface area contributed by atoms with E-state index in [4.69, 9.17) is 0 Å². The van der Waals surface area contributed by atoms with E-state index >= 15 is 0 Å². The first-order valence-corrected chi connectivity index (χ1v) is 6.43. The Labute approximate surface area is 101 Å². The fourth-order valence-corrected chi connectivity index (χ4v) is 2.00. The number of thioether (sulfide) groups is 1. The van der Waals surface area contributed by atoms with E-state index in [1.165, 1.54) is 18.1 Å². The van der Waals surface area contributed by atoms with Crippen LogP contribution in [0.15, 0.2) is 11.5 Å². The predicted octanol–water partition coefficient (Wildman–Crippen LogP) is 0.514. The van der Waals surface area contributed by atoms with Crippen LogP contribution in [0.2, 0.25) is 0 Å². The third-order valence-electron chi connectivity index (χ3n) is 2.01. The van der Waals surface area contributed by atoms with Crippen LogP contribution in [0.25, 0.3) is 0 Å². The summed E-state index contributed by atoms with van der Waals surface area (Å²) in [5.41, 5.74) is 0. The molecule has 1 aromatic rings. The second-order valence-electron chi connectivity index (χ2n) is 4.18. The molecular weight excluding hydrogens is 224 g/mol. The van der Waals surface area contributed by atoms with Crippen LogP contribution in [0.4, 0.5) is 0 Å². The number of aliphatic hydroxyl groups excluding tert-OH is 1. The van der Waals surface area contributed by atoms with Crippen molar-refractivity contribution in [3.8, 4) is 0 Å². The fourth-order valence-electron chi connectivity index (χ4n) is 1.18. The van der Waals surface area contributed by atoms with Crippen molar-refractivity contribution in [1.29, 1.82) is 0 Å². The molecule has 92 valence electrons. The van der Waals surface area contributed by atoms with Gasteiger partial charge in [0.05, 0.1) is 6.10 Å². The zero-order valence-electron chi connectivity index (χ0n) is 10.1. The number of aryl methyl sites for hydroxylation is 1. The summed E-state index contributed by atoms with van der Waals surface area (Å²) in [7, 11) is 1.85. The van der Waals surface area contributed by atoms with Crippen LogP contribution in [0, 0.1) is 5.92 Å². The molecule has 16 heavy (non-hydrogen) atoms. The van der Waals surface area contributed by atoms with Gasteiger partial charge in [-0.2, -0.15) is 5.10 Å². The Morgan fingerprint density at radius 1 is 1.50 bits per heavy atom. The Morgan fingerprint density at radius 3 is 2.81 bits per heavy atom. The minimum absolute atomic E-state index is 0.347. The maximum atomic E-state index is 9.71. The van der Waals surface area contributed by atoms with Gasteiger partial charge in [0.15, 0.2) is 5.16 Å². The summed E-state index contributed by atoms with van der Waals surface area (Å²) in [4.78, 5) is 4.08. The van der Waals surface area contributed by atoms with E-state index < -0.39 is 0 Å². The maximum absolute atomic E-state index is 9.71. The summed E-state index contributed by atoms with van der Waals surface area (Å²) in [5.74, 6) is 1.25. The van der Waals surface area contributed by atoms with Gasteiger partial charge in [0, 0.05) is 19.3 Å². The molecule has 0 radical (unpaired) electrons. The number of hydrogen-bond acceptors (Lipinski definition) is 5. The van der Waals surface area contributed by atoms with Gasteiger partial charge in [-0.3, -0.25) is 0 Å². The van der Waals surface area contributed by atoms with Crippen LogP contribution in [0.5, 0.6) is 0 Å². The van der Waals surface area contributed by atoms with Crippen molar-refractivity contribution in [2.45, 2.75) is 25.1 Å². The molecule has 1 unspecified atom stereocenters. The molecule has 2 N–H and O–H groups in total. The summed E-state index contributed by atoms with van der Waals surface area (Å²) in [5, 5.41) is 17.7. The van der Waals surface area contributed by atoms with Gasteiger partial charge >= 0.3 is 0 Å². The molecular formula is C10H20N4OS. The van der Waals surface area contributed by atoms with Crippen LogP contribution >= 0.6 is 11.8 Å². The summed E-state index contributed by atoms with van der Waals surface area (Å²) in [6.07, 6.45) is 1.17. The molecule has 0 aliphatic heterocycles. The quantitative estimate of drug-likeness (QED) is 0.684. The SMILES string of the molecule is CC(C)CNCC(O)CSc1ncnn1C. The molecule has 0 spiro atoms. The largest absolute Gasteiger partial charge is 0.391 e. The number of nitrogens with one attached hydrogen (secondary N) is 1. The Kier molecular flexibility index (Phi) is 5.79. The van der Waals surface area contributed by atoms with Crippen molar-refractivity contribution in [3.63, 3.8) is 0 Å². The lowest BCUT2D eigenvalue weighted by Crippen LogP contribution is -2.31. The maximum Gasteiger partial charge on any atom is 0.185 e. The molecule has 0 saturated heterocycles. The zero-order valence-corrected chi connectivity index (χ0v) is 10.9. The van der Waals surface area contributed by atoms with E-state index in [2.05, 4.69) is 29.2 Å². The van der Waals surface area contributed by atoms with Crippen LogP contribution in [-0.2, 0) is 7.05 Å². The highest BCUT2D eigenvalue weighted by atomic mass is 32.2. The van der Waals surface area contributed by atoms with Crippen molar-refractivity contribution in [1.82, 2.24) is 20.1 Å². The van der Waals surface area contributed by atoms with E-state index in [9.17, 15) is 5.11 Å². The van der Waals surface area contributed by atoms with Gasteiger partial charge in [-0.1, -0.05) is 25.6 Å². The highest BCUT2D eigenvalue weighted by molar-refractivity contribution is 7.99. The number of nitrogens with zero attached hydrogens (tertiary/aromatic N) is 3. The second-order valence-corrected chi connectivity index (χ2v) is 5.17. The molecule has 0 fully saturated rings. The van der Waals surface area contributed by atoms with Gasteiger partial charge in [0.25, 0.3) is 0 Å². The number of rotatable bonds is 7. The Hall–Kier alpha value is -0.590. The molecule has 1 atom stereocenters. The molecule has 6 heteroatoms. The van der Waals surface area contributed by atoms with Gasteiger partial charge in [0.1, 0.15) is 6.33 Å². The van der Waals surface area contributed by atoms with Gasteiger partial charge in [-0.05, 0) is 12.5 Å². The highest BCUT2D eigenvalue weighted by Gasteiger charge is 2.07. The third-order valence-corrected chi connectivity index (χ3v) is 3.19. The van der Waals surface area contributed by atoms with Crippen molar-refractivity contribution >= 4 is 11.8 Å². The molecule has 1 heterocycles. The number of aliphatic hydroxyl groups is 1. The first-order valence-electron chi connectivity index (χ1n) is 5.45. The van der Waals surface area contributed by atoms with E-state index in [0.29, 0.717) is 18.2 Å². The minimum atomic E-state index is -0.347. The molecule has 1 rings (SSSR count). The average molecular weight is 244 g/mol. The standard InChI is InChI=1S/C10H20N4OS/c1-8(2)4-11-5-9(15)6-16-10-12-7-13-14(10)3/h7-9,11,15H,4-6H2,1-3H3. The first-order chi connectivity index (χ1) is 7.59. The highest BCUT2D eigenvalue weighted by Crippen LogP contribution is 2.13. The molecule has 5 nitrogen and oxygen atoms in total. The first kappa shape index (κ1) is 13.5. The lowest BCUT2D eigenvalue weighted by atomic mass is 10.2. The van der Waals surface area contributed by atoms with Crippen LogP contribution in [-0.4, -0.2) is 44.8 Å². The smallest absolute Gasteiger partial charge is 0.185 e. The van der Waals surface area contributed by atoms with Crippen molar-refractivity contribution < 1.29 is 5.11 Å². The summed E-state index contributed by atoms with van der Waals surface area (Å²) in [6.45, 7) is 5.86.